The van der Waals surface area contributed by atoms with E-state index in [0.29, 0.717) is 16.6 Å². The van der Waals surface area contributed by atoms with E-state index in [0.717, 1.165) is 23.0 Å². The zero-order valence-corrected chi connectivity index (χ0v) is 19.0. The molecule has 2 aliphatic heterocycles. The third kappa shape index (κ3) is 5.32. The summed E-state index contributed by atoms with van der Waals surface area (Å²) in [5.74, 6) is 0.621. The number of benzene rings is 1. The summed E-state index contributed by atoms with van der Waals surface area (Å²) in [5.41, 5.74) is 4.38. The number of likely N-dealkylation sites (tertiary alicyclic amines) is 1. The molecule has 1 aromatic carbocycles. The maximum atomic E-state index is 5.08. The lowest BCUT2D eigenvalue weighted by Crippen LogP contribution is -2.37. The van der Waals surface area contributed by atoms with Crippen LogP contribution in [0.4, 0.5) is 11.6 Å². The number of aromatic nitrogens is 2. The molecule has 1 N–H and O–H groups in total. The topological polar surface area (TPSA) is 53.4 Å². The maximum Gasteiger partial charge on any atom is 0.227 e. The van der Waals surface area contributed by atoms with Crippen LogP contribution in [0, 0.1) is 13.8 Å². The Morgan fingerprint density at radius 2 is 1.90 bits per heavy atom. The first-order valence-corrected chi connectivity index (χ1v) is 12.5. The van der Waals surface area contributed by atoms with Gasteiger partial charge < -0.3 is 10.2 Å². The summed E-state index contributed by atoms with van der Waals surface area (Å²) in [6, 6.07) is 8.69. The van der Waals surface area contributed by atoms with Gasteiger partial charge in [-0.15, -0.1) is 11.8 Å². The summed E-state index contributed by atoms with van der Waals surface area (Å²) in [5, 5.41) is 4.39. The van der Waals surface area contributed by atoms with Gasteiger partial charge in [-0.1, -0.05) is 24.2 Å². The average molecular weight is 428 g/mol. The Balaban J connectivity index is 1.50. The minimum atomic E-state index is 0.328. The standard InChI is InChI=1S/C22H29N5S2/c1-15-11-16(2)13-17(12-15)24-22-23-8-7-18(26-22)20-25-19(21(28-3)29-20)14-27-9-5-4-6-10-27/h7-8,11-13,19,21H,4-6,9-10,14H2,1-3H3,(H,23,24,26). The number of nitrogens with one attached hydrogen (secondary N) is 1. The van der Waals surface area contributed by atoms with Gasteiger partial charge in [-0.3, -0.25) is 4.99 Å². The summed E-state index contributed by atoms with van der Waals surface area (Å²) in [4.78, 5) is 16.8. The molecule has 7 heteroatoms. The van der Waals surface area contributed by atoms with E-state index in [9.17, 15) is 0 Å². The Morgan fingerprint density at radius 3 is 2.62 bits per heavy atom. The first-order chi connectivity index (χ1) is 14.1. The van der Waals surface area contributed by atoms with Gasteiger partial charge in [0.1, 0.15) is 10.7 Å². The second kappa shape index (κ2) is 9.49. The van der Waals surface area contributed by atoms with Crippen molar-refractivity contribution < 1.29 is 0 Å². The predicted molar refractivity (Wildman–Crippen MR) is 127 cm³/mol. The third-order valence-corrected chi connectivity index (χ3v) is 8.03. The molecule has 0 spiro atoms. The van der Waals surface area contributed by atoms with Gasteiger partial charge in [-0.05, 0) is 75.4 Å². The van der Waals surface area contributed by atoms with Gasteiger partial charge in [0, 0.05) is 18.4 Å². The molecule has 1 fully saturated rings. The van der Waals surface area contributed by atoms with Crippen LogP contribution in [0.2, 0.25) is 0 Å². The number of hydrogen-bond acceptors (Lipinski definition) is 7. The molecule has 0 amide bonds. The number of thioether (sulfide) groups is 2. The molecular weight excluding hydrogens is 398 g/mol. The molecule has 0 saturated carbocycles. The Bertz CT molecular complexity index is 859. The van der Waals surface area contributed by atoms with Crippen LogP contribution in [0.1, 0.15) is 36.1 Å². The van der Waals surface area contributed by atoms with Crippen molar-refractivity contribution in [1.82, 2.24) is 14.9 Å². The predicted octanol–water partition coefficient (Wildman–Crippen LogP) is 4.87. The van der Waals surface area contributed by atoms with Crippen molar-refractivity contribution in [3.8, 4) is 0 Å². The molecule has 154 valence electrons. The number of aliphatic imine (C=N–C) groups is 1. The highest BCUT2D eigenvalue weighted by atomic mass is 32.2. The molecule has 1 aromatic heterocycles. The van der Waals surface area contributed by atoms with Crippen LogP contribution >= 0.6 is 23.5 Å². The molecule has 2 aliphatic rings. The monoisotopic (exact) mass is 427 g/mol. The number of aryl methyl sites for hydroxylation is 2. The van der Waals surface area contributed by atoms with E-state index in [2.05, 4.69) is 53.5 Å². The zero-order valence-electron chi connectivity index (χ0n) is 17.4. The smallest absolute Gasteiger partial charge is 0.227 e. The summed E-state index contributed by atoms with van der Waals surface area (Å²) in [6.45, 7) is 7.69. The van der Waals surface area contributed by atoms with Gasteiger partial charge in [0.25, 0.3) is 0 Å². The highest BCUT2D eigenvalue weighted by molar-refractivity contribution is 8.25. The lowest BCUT2D eigenvalue weighted by molar-refractivity contribution is 0.220. The van der Waals surface area contributed by atoms with E-state index in [1.807, 2.05) is 35.8 Å². The molecule has 0 aliphatic carbocycles. The third-order valence-electron chi connectivity index (χ3n) is 5.30. The largest absolute Gasteiger partial charge is 0.324 e. The van der Waals surface area contributed by atoms with Crippen molar-refractivity contribution in [1.29, 1.82) is 0 Å². The van der Waals surface area contributed by atoms with E-state index in [1.54, 1.807) is 0 Å². The minimum absolute atomic E-state index is 0.328. The number of piperidine rings is 1. The van der Waals surface area contributed by atoms with Crippen molar-refractivity contribution in [3.63, 3.8) is 0 Å². The van der Waals surface area contributed by atoms with E-state index in [4.69, 9.17) is 9.98 Å². The van der Waals surface area contributed by atoms with Crippen molar-refractivity contribution >= 4 is 40.2 Å². The molecule has 0 bridgehead atoms. The van der Waals surface area contributed by atoms with Crippen LogP contribution in [0.5, 0.6) is 0 Å². The molecule has 2 aromatic rings. The molecule has 0 radical (unpaired) electrons. The van der Waals surface area contributed by atoms with Crippen LogP contribution in [-0.4, -0.2) is 56.4 Å². The fraction of sp³-hybridized carbons (Fsp3) is 0.500. The number of rotatable bonds is 6. The van der Waals surface area contributed by atoms with Crippen molar-refractivity contribution in [2.24, 2.45) is 4.99 Å². The van der Waals surface area contributed by atoms with Crippen molar-refractivity contribution in [2.45, 2.75) is 43.7 Å². The molecule has 3 heterocycles. The summed E-state index contributed by atoms with van der Waals surface area (Å²) < 4.78 is 0.456. The van der Waals surface area contributed by atoms with Gasteiger partial charge in [0.15, 0.2) is 0 Å². The summed E-state index contributed by atoms with van der Waals surface area (Å²) in [7, 11) is 0. The lowest BCUT2D eigenvalue weighted by Gasteiger charge is -2.29. The van der Waals surface area contributed by atoms with Gasteiger partial charge in [-0.2, -0.15) is 0 Å². The first kappa shape index (κ1) is 20.7. The fourth-order valence-corrected chi connectivity index (χ4v) is 6.08. The van der Waals surface area contributed by atoms with E-state index in [-0.39, 0.29) is 0 Å². The SMILES string of the molecule is CSC1SC(c2ccnc(Nc3cc(C)cc(C)c3)n2)=NC1CN1CCCCC1. The molecule has 4 rings (SSSR count). The Kier molecular flexibility index (Phi) is 6.77. The van der Waals surface area contributed by atoms with Crippen LogP contribution in [0.3, 0.4) is 0 Å². The van der Waals surface area contributed by atoms with Crippen LogP contribution in [0.15, 0.2) is 35.5 Å². The van der Waals surface area contributed by atoms with Crippen LogP contribution < -0.4 is 5.32 Å². The van der Waals surface area contributed by atoms with E-state index >= 15 is 0 Å². The maximum absolute atomic E-state index is 5.08. The molecule has 5 nitrogen and oxygen atoms in total. The van der Waals surface area contributed by atoms with Crippen LogP contribution in [-0.2, 0) is 0 Å². The van der Waals surface area contributed by atoms with Gasteiger partial charge >= 0.3 is 0 Å². The minimum Gasteiger partial charge on any atom is -0.324 e. The molecular formula is C22H29N5S2. The second-order valence-corrected chi connectivity index (χ2v) is 10.3. The number of hydrogen-bond donors (Lipinski definition) is 1. The highest BCUT2D eigenvalue weighted by Crippen LogP contribution is 2.37. The van der Waals surface area contributed by atoms with Gasteiger partial charge in [0.05, 0.1) is 10.6 Å². The zero-order chi connectivity index (χ0) is 20.2. The Labute approximate surface area is 182 Å². The quantitative estimate of drug-likeness (QED) is 0.709. The Hall–Kier alpha value is -1.57. The van der Waals surface area contributed by atoms with Crippen molar-refractivity contribution in [3.05, 3.63) is 47.3 Å². The van der Waals surface area contributed by atoms with Gasteiger partial charge in [-0.25, -0.2) is 9.97 Å². The van der Waals surface area contributed by atoms with E-state index < -0.39 is 0 Å². The first-order valence-electron chi connectivity index (χ1n) is 10.3. The molecule has 2 unspecified atom stereocenters. The van der Waals surface area contributed by atoms with E-state index in [1.165, 1.54) is 43.5 Å². The highest BCUT2D eigenvalue weighted by Gasteiger charge is 2.32. The average Bonchev–Trinajstić information content (AvgIpc) is 3.11. The number of anilines is 2. The summed E-state index contributed by atoms with van der Waals surface area (Å²) >= 11 is 3.75. The second-order valence-electron chi connectivity index (χ2n) is 7.85. The fourth-order valence-electron chi connectivity index (χ4n) is 4.01. The van der Waals surface area contributed by atoms with Gasteiger partial charge in [0.2, 0.25) is 5.95 Å². The van der Waals surface area contributed by atoms with Crippen molar-refractivity contribution in [2.75, 3.05) is 31.2 Å². The normalized spacial score (nSPS) is 22.5. The summed E-state index contributed by atoms with van der Waals surface area (Å²) in [6.07, 6.45) is 8.02. The molecule has 29 heavy (non-hydrogen) atoms. The lowest BCUT2D eigenvalue weighted by atomic mass is 10.1. The Morgan fingerprint density at radius 1 is 1.14 bits per heavy atom. The number of nitrogens with zero attached hydrogens (tertiary/aromatic N) is 4. The molecule has 2 atom stereocenters. The molecule has 1 saturated heterocycles. The van der Waals surface area contributed by atoms with Crippen LogP contribution in [0.25, 0.3) is 0 Å².